The number of hydrogen-bond donors (Lipinski definition) is 1. The van der Waals surface area contributed by atoms with E-state index in [2.05, 4.69) is 18.7 Å². The van der Waals surface area contributed by atoms with E-state index in [1.54, 1.807) is 23.8 Å². The minimum absolute atomic E-state index is 0.147. The highest BCUT2D eigenvalue weighted by Crippen LogP contribution is 2.29. The maximum atomic E-state index is 12.5. The second-order valence-electron chi connectivity index (χ2n) is 6.72. The van der Waals surface area contributed by atoms with Gasteiger partial charge in [0.25, 0.3) is 5.91 Å². The number of anilines is 1. The molecule has 1 fully saturated rings. The largest absolute Gasteiger partial charge is 0.497 e. The summed E-state index contributed by atoms with van der Waals surface area (Å²) in [4.78, 5) is 16.6. The summed E-state index contributed by atoms with van der Waals surface area (Å²) in [6.45, 7) is 6.25. The Labute approximate surface area is 149 Å². The zero-order chi connectivity index (χ0) is 17.7. The molecule has 1 saturated heterocycles. The number of rotatable bonds is 6. The highest BCUT2D eigenvalue weighted by atomic mass is 32.2. The lowest BCUT2D eigenvalue weighted by molar-refractivity contribution is -0.141. The number of piperazine rings is 1. The minimum Gasteiger partial charge on any atom is -0.497 e. The van der Waals surface area contributed by atoms with Crippen LogP contribution in [0, 0.1) is 0 Å². The molecule has 1 unspecified atom stereocenters. The lowest BCUT2D eigenvalue weighted by Crippen LogP contribution is -2.62. The maximum absolute atomic E-state index is 12.5. The number of amides is 1. The average molecular weight is 353 g/mol. The SMILES string of the molecule is COc1ccc(N2CCN(C(=O)C(O)CCSC)CC2(C)C)cc1. The average Bonchev–Trinajstić information content (AvgIpc) is 2.58. The summed E-state index contributed by atoms with van der Waals surface area (Å²) >= 11 is 1.65. The second-order valence-corrected chi connectivity index (χ2v) is 7.70. The van der Waals surface area contributed by atoms with E-state index in [1.807, 2.05) is 30.5 Å². The lowest BCUT2D eigenvalue weighted by atomic mass is 9.97. The van der Waals surface area contributed by atoms with E-state index in [4.69, 9.17) is 4.74 Å². The molecule has 1 N–H and O–H groups in total. The fraction of sp³-hybridized carbons (Fsp3) is 0.611. The van der Waals surface area contributed by atoms with Gasteiger partial charge in [0.2, 0.25) is 0 Å². The van der Waals surface area contributed by atoms with Crippen LogP contribution < -0.4 is 9.64 Å². The van der Waals surface area contributed by atoms with Crippen LogP contribution in [0.5, 0.6) is 5.75 Å². The predicted octanol–water partition coefficient (Wildman–Crippen LogP) is 2.24. The van der Waals surface area contributed by atoms with E-state index >= 15 is 0 Å². The van der Waals surface area contributed by atoms with Crippen LogP contribution in [-0.2, 0) is 4.79 Å². The first-order valence-corrected chi connectivity index (χ1v) is 9.66. The summed E-state index contributed by atoms with van der Waals surface area (Å²) in [5, 5.41) is 10.1. The summed E-state index contributed by atoms with van der Waals surface area (Å²) < 4.78 is 5.21. The Morgan fingerprint density at radius 1 is 1.33 bits per heavy atom. The number of aliphatic hydroxyl groups excluding tert-OH is 1. The Morgan fingerprint density at radius 2 is 2.00 bits per heavy atom. The topological polar surface area (TPSA) is 53.0 Å². The van der Waals surface area contributed by atoms with Gasteiger partial charge < -0.3 is 19.6 Å². The molecule has 2 rings (SSSR count). The summed E-state index contributed by atoms with van der Waals surface area (Å²) in [6, 6.07) is 8.00. The highest BCUT2D eigenvalue weighted by Gasteiger charge is 2.37. The number of ether oxygens (including phenoxy) is 1. The maximum Gasteiger partial charge on any atom is 0.251 e. The highest BCUT2D eigenvalue weighted by molar-refractivity contribution is 7.98. The molecule has 0 aromatic heterocycles. The molecule has 134 valence electrons. The summed E-state index contributed by atoms with van der Waals surface area (Å²) in [7, 11) is 1.66. The van der Waals surface area contributed by atoms with Gasteiger partial charge in [0, 0.05) is 25.3 Å². The van der Waals surface area contributed by atoms with E-state index in [0.717, 1.165) is 23.7 Å². The van der Waals surface area contributed by atoms with Crippen LogP contribution in [0.1, 0.15) is 20.3 Å². The number of thioether (sulfide) groups is 1. The molecule has 6 heteroatoms. The van der Waals surface area contributed by atoms with Gasteiger partial charge in [0.15, 0.2) is 0 Å². The Morgan fingerprint density at radius 3 is 2.54 bits per heavy atom. The number of aliphatic hydroxyl groups is 1. The number of nitrogens with zero attached hydrogens (tertiary/aromatic N) is 2. The van der Waals surface area contributed by atoms with Gasteiger partial charge in [-0.2, -0.15) is 11.8 Å². The lowest BCUT2D eigenvalue weighted by Gasteiger charge is -2.48. The van der Waals surface area contributed by atoms with Crippen LogP contribution in [0.15, 0.2) is 24.3 Å². The van der Waals surface area contributed by atoms with E-state index in [0.29, 0.717) is 19.5 Å². The van der Waals surface area contributed by atoms with Crippen molar-refractivity contribution in [2.45, 2.75) is 31.9 Å². The van der Waals surface area contributed by atoms with Gasteiger partial charge in [-0.1, -0.05) is 0 Å². The first kappa shape index (κ1) is 18.9. The van der Waals surface area contributed by atoms with Crippen LogP contribution >= 0.6 is 11.8 Å². The van der Waals surface area contributed by atoms with Crippen molar-refractivity contribution >= 4 is 23.4 Å². The molecule has 5 nitrogen and oxygen atoms in total. The molecule has 1 aromatic rings. The van der Waals surface area contributed by atoms with Crippen molar-refractivity contribution in [3.63, 3.8) is 0 Å². The van der Waals surface area contributed by atoms with Crippen molar-refractivity contribution in [2.24, 2.45) is 0 Å². The third-order valence-corrected chi connectivity index (χ3v) is 5.12. The van der Waals surface area contributed by atoms with Crippen LogP contribution in [0.25, 0.3) is 0 Å². The molecule has 0 aliphatic carbocycles. The van der Waals surface area contributed by atoms with Gasteiger partial charge in [-0.05, 0) is 56.5 Å². The molecule has 0 spiro atoms. The molecule has 0 bridgehead atoms. The molecule has 1 aliphatic heterocycles. The number of carbonyl (C=O) groups excluding carboxylic acids is 1. The Balaban J connectivity index is 2.04. The predicted molar refractivity (Wildman–Crippen MR) is 100 cm³/mol. The summed E-state index contributed by atoms with van der Waals surface area (Å²) in [5.41, 5.74) is 0.928. The molecule has 0 saturated carbocycles. The Bertz CT molecular complexity index is 548. The molecule has 1 atom stereocenters. The van der Waals surface area contributed by atoms with E-state index in [-0.39, 0.29) is 11.4 Å². The summed E-state index contributed by atoms with van der Waals surface area (Å²) in [5.74, 6) is 1.48. The molecule has 24 heavy (non-hydrogen) atoms. The van der Waals surface area contributed by atoms with Gasteiger partial charge in [-0.25, -0.2) is 0 Å². The number of hydrogen-bond acceptors (Lipinski definition) is 5. The van der Waals surface area contributed by atoms with E-state index < -0.39 is 6.10 Å². The van der Waals surface area contributed by atoms with Crippen molar-refractivity contribution in [3.8, 4) is 5.75 Å². The van der Waals surface area contributed by atoms with Gasteiger partial charge in [0.05, 0.1) is 12.6 Å². The quantitative estimate of drug-likeness (QED) is 0.851. The summed E-state index contributed by atoms with van der Waals surface area (Å²) in [6.07, 6.45) is 1.60. The van der Waals surface area contributed by atoms with Crippen LogP contribution in [-0.4, -0.2) is 66.3 Å². The minimum atomic E-state index is -0.888. The zero-order valence-electron chi connectivity index (χ0n) is 15.0. The van der Waals surface area contributed by atoms with Crippen LogP contribution in [0.3, 0.4) is 0 Å². The van der Waals surface area contributed by atoms with Gasteiger partial charge >= 0.3 is 0 Å². The molecular formula is C18H28N2O3S. The van der Waals surface area contributed by atoms with Crippen molar-refractivity contribution in [2.75, 3.05) is 43.7 Å². The van der Waals surface area contributed by atoms with E-state index in [1.165, 1.54) is 0 Å². The molecule has 1 aromatic carbocycles. The Kier molecular flexibility index (Phi) is 6.40. The molecular weight excluding hydrogens is 324 g/mol. The van der Waals surface area contributed by atoms with Crippen molar-refractivity contribution in [1.29, 1.82) is 0 Å². The smallest absolute Gasteiger partial charge is 0.251 e. The number of benzene rings is 1. The first-order valence-electron chi connectivity index (χ1n) is 8.26. The third kappa shape index (κ3) is 4.36. The normalized spacial score (nSPS) is 18.4. The second kappa shape index (κ2) is 8.12. The van der Waals surface area contributed by atoms with Crippen molar-refractivity contribution in [3.05, 3.63) is 24.3 Å². The molecule has 0 radical (unpaired) electrons. The van der Waals surface area contributed by atoms with Crippen molar-refractivity contribution in [1.82, 2.24) is 4.90 Å². The zero-order valence-corrected chi connectivity index (χ0v) is 15.8. The van der Waals surface area contributed by atoms with Gasteiger partial charge in [-0.15, -0.1) is 0 Å². The first-order chi connectivity index (χ1) is 11.4. The fourth-order valence-corrected chi connectivity index (χ4v) is 3.61. The van der Waals surface area contributed by atoms with E-state index in [9.17, 15) is 9.90 Å². The van der Waals surface area contributed by atoms with Crippen LogP contribution in [0.2, 0.25) is 0 Å². The van der Waals surface area contributed by atoms with Crippen molar-refractivity contribution < 1.29 is 14.6 Å². The Hall–Kier alpha value is -1.40. The molecule has 1 aliphatic rings. The van der Waals surface area contributed by atoms with Gasteiger partial charge in [-0.3, -0.25) is 4.79 Å². The van der Waals surface area contributed by atoms with Crippen LogP contribution in [0.4, 0.5) is 5.69 Å². The molecule has 1 amide bonds. The monoisotopic (exact) mass is 352 g/mol. The third-order valence-electron chi connectivity index (χ3n) is 4.48. The fourth-order valence-electron chi connectivity index (χ4n) is 3.15. The number of methoxy groups -OCH3 is 1. The standard InChI is InChI=1S/C18H28N2O3S/c1-18(2)13-19(17(22)16(21)9-12-24-4)10-11-20(18)14-5-7-15(23-3)8-6-14/h5-8,16,21H,9-13H2,1-4H3. The van der Waals surface area contributed by atoms with Gasteiger partial charge in [0.1, 0.15) is 11.9 Å². The number of carbonyl (C=O) groups is 1. The molecule has 1 heterocycles.